The Kier molecular flexibility index (Phi) is 6.00. The summed E-state index contributed by atoms with van der Waals surface area (Å²) in [6, 6.07) is 9.33. The molecule has 7 nitrogen and oxygen atoms in total. The maximum Gasteiger partial charge on any atom is 0.174 e. The minimum atomic E-state index is -1.30. The first-order valence-corrected chi connectivity index (χ1v) is 9.46. The normalized spacial score (nSPS) is 12.5. The lowest BCUT2D eigenvalue weighted by Crippen LogP contribution is -2.33. The van der Waals surface area contributed by atoms with Crippen LogP contribution in [0, 0.1) is 0 Å². The van der Waals surface area contributed by atoms with Crippen molar-refractivity contribution in [1.29, 1.82) is 0 Å². The van der Waals surface area contributed by atoms with Crippen molar-refractivity contribution in [3.8, 4) is 11.3 Å². The van der Waals surface area contributed by atoms with E-state index >= 15 is 0 Å². The van der Waals surface area contributed by atoms with Crippen LogP contribution < -0.4 is 5.32 Å². The highest BCUT2D eigenvalue weighted by Crippen LogP contribution is 2.26. The van der Waals surface area contributed by atoms with Crippen molar-refractivity contribution in [2.45, 2.75) is 11.8 Å². The molecule has 0 radical (unpaired) electrons. The molecule has 0 aliphatic rings. The Morgan fingerprint density at radius 2 is 1.92 bits per heavy atom. The number of nitrogens with zero attached hydrogens (tertiary/aromatic N) is 4. The maximum absolute atomic E-state index is 12.6. The van der Waals surface area contributed by atoms with Crippen molar-refractivity contribution in [1.82, 2.24) is 19.3 Å². The number of aliphatic hydroxyl groups excluding tert-OH is 1. The molecule has 1 aromatic carbocycles. The zero-order valence-corrected chi connectivity index (χ0v) is 15.5. The topological polar surface area (TPSA) is 97.2 Å². The SMILES string of the molecule is CCN(CCO)[S+]([O-])c1ccc(-c2cc3nccnc3c(NC)n2)cc1. The lowest BCUT2D eigenvalue weighted by atomic mass is 10.1. The Balaban J connectivity index is 1.92. The summed E-state index contributed by atoms with van der Waals surface area (Å²) in [5.41, 5.74) is 3.15. The van der Waals surface area contributed by atoms with E-state index in [9.17, 15) is 4.55 Å². The molecular weight excluding hydrogens is 350 g/mol. The van der Waals surface area contributed by atoms with Gasteiger partial charge in [-0.2, -0.15) is 0 Å². The highest BCUT2D eigenvalue weighted by molar-refractivity contribution is 7.89. The summed E-state index contributed by atoms with van der Waals surface area (Å²) < 4.78 is 14.3. The van der Waals surface area contributed by atoms with Crippen LogP contribution >= 0.6 is 0 Å². The molecule has 0 fully saturated rings. The molecule has 8 heteroatoms. The highest BCUT2D eigenvalue weighted by atomic mass is 32.2. The smallest absolute Gasteiger partial charge is 0.174 e. The van der Waals surface area contributed by atoms with E-state index in [1.807, 2.05) is 37.3 Å². The lowest BCUT2D eigenvalue weighted by molar-refractivity contribution is 0.257. The Labute approximate surface area is 155 Å². The molecule has 2 aromatic heterocycles. The molecule has 26 heavy (non-hydrogen) atoms. The lowest BCUT2D eigenvalue weighted by Gasteiger charge is -2.21. The van der Waals surface area contributed by atoms with E-state index in [4.69, 9.17) is 5.11 Å². The van der Waals surface area contributed by atoms with Crippen LogP contribution in [0.25, 0.3) is 22.3 Å². The summed E-state index contributed by atoms with van der Waals surface area (Å²) in [6.45, 7) is 2.88. The number of rotatable bonds is 7. The molecule has 2 heterocycles. The monoisotopic (exact) mass is 371 g/mol. The van der Waals surface area contributed by atoms with Gasteiger partial charge >= 0.3 is 0 Å². The van der Waals surface area contributed by atoms with Crippen LogP contribution in [0.5, 0.6) is 0 Å². The molecule has 3 aromatic rings. The van der Waals surface area contributed by atoms with E-state index in [2.05, 4.69) is 20.3 Å². The van der Waals surface area contributed by atoms with Gasteiger partial charge in [-0.1, -0.05) is 0 Å². The summed E-state index contributed by atoms with van der Waals surface area (Å²) in [5, 5.41) is 12.1. The molecule has 136 valence electrons. The number of hydrogen-bond acceptors (Lipinski definition) is 7. The third kappa shape index (κ3) is 3.78. The summed E-state index contributed by atoms with van der Waals surface area (Å²) in [7, 11) is 1.80. The summed E-state index contributed by atoms with van der Waals surface area (Å²) in [6.07, 6.45) is 3.29. The number of likely N-dealkylation sites (N-methyl/N-ethyl adjacent to an activating group) is 1. The summed E-state index contributed by atoms with van der Waals surface area (Å²) in [5.74, 6) is 0.665. The molecule has 0 spiro atoms. The van der Waals surface area contributed by atoms with Crippen LogP contribution in [0.1, 0.15) is 6.92 Å². The van der Waals surface area contributed by atoms with Crippen LogP contribution in [0.2, 0.25) is 0 Å². The predicted molar refractivity (Wildman–Crippen MR) is 103 cm³/mol. The third-order valence-electron chi connectivity index (χ3n) is 3.98. The van der Waals surface area contributed by atoms with Gasteiger partial charge in [0.25, 0.3) is 0 Å². The third-order valence-corrected chi connectivity index (χ3v) is 5.57. The number of benzene rings is 1. The summed E-state index contributed by atoms with van der Waals surface area (Å²) >= 11 is -1.30. The molecule has 1 unspecified atom stereocenters. The van der Waals surface area contributed by atoms with Gasteiger partial charge in [0.1, 0.15) is 5.52 Å². The first-order chi connectivity index (χ1) is 12.7. The number of nitrogens with one attached hydrogen (secondary N) is 1. The molecule has 0 aliphatic carbocycles. The van der Waals surface area contributed by atoms with E-state index < -0.39 is 11.4 Å². The van der Waals surface area contributed by atoms with Crippen molar-refractivity contribution in [2.75, 3.05) is 32.1 Å². The minimum absolute atomic E-state index is 0.0213. The Bertz CT molecular complexity index is 875. The van der Waals surface area contributed by atoms with Gasteiger partial charge in [0.05, 0.1) is 35.7 Å². The maximum atomic E-state index is 12.6. The number of anilines is 1. The Morgan fingerprint density at radius 3 is 2.58 bits per heavy atom. The van der Waals surface area contributed by atoms with Crippen LogP contribution in [0.3, 0.4) is 0 Å². The highest BCUT2D eigenvalue weighted by Gasteiger charge is 2.20. The fourth-order valence-corrected chi connectivity index (χ4v) is 3.80. The van der Waals surface area contributed by atoms with E-state index in [0.717, 1.165) is 22.3 Å². The van der Waals surface area contributed by atoms with Gasteiger partial charge < -0.3 is 15.0 Å². The van der Waals surface area contributed by atoms with Crippen molar-refractivity contribution >= 4 is 28.2 Å². The van der Waals surface area contributed by atoms with Gasteiger partial charge in [-0.25, -0.2) is 9.97 Å². The molecule has 0 aliphatic heterocycles. The second-order valence-corrected chi connectivity index (χ2v) is 7.04. The van der Waals surface area contributed by atoms with Crippen LogP contribution in [0.4, 0.5) is 5.82 Å². The number of fused-ring (bicyclic) bond motifs is 1. The van der Waals surface area contributed by atoms with Gasteiger partial charge in [-0.05, 0) is 37.3 Å². The first-order valence-electron chi connectivity index (χ1n) is 8.35. The number of aromatic nitrogens is 3. The van der Waals surface area contributed by atoms with Crippen molar-refractivity contribution in [3.63, 3.8) is 0 Å². The van der Waals surface area contributed by atoms with E-state index in [0.29, 0.717) is 23.8 Å². The average Bonchev–Trinajstić information content (AvgIpc) is 2.70. The first kappa shape index (κ1) is 18.5. The number of hydrogen-bond donors (Lipinski definition) is 2. The van der Waals surface area contributed by atoms with Gasteiger partial charge in [0.15, 0.2) is 10.7 Å². The second-order valence-electron chi connectivity index (χ2n) is 5.55. The summed E-state index contributed by atoms with van der Waals surface area (Å²) in [4.78, 5) is 14.0. The quantitative estimate of drug-likeness (QED) is 0.614. The largest absolute Gasteiger partial charge is 0.593 e. The Hall–Kier alpha value is -2.26. The standard InChI is InChI=1S/C18H21N5O2S/c1-3-23(10-11-24)26(25)14-6-4-13(5-7-14)15-12-16-17(18(19-2)22-15)21-9-8-20-16/h4-9,12,24H,3,10-11H2,1-2H3,(H,19,22). The van der Waals surface area contributed by atoms with Crippen LogP contribution in [-0.4, -0.2) is 55.7 Å². The zero-order chi connectivity index (χ0) is 18.5. The van der Waals surface area contributed by atoms with E-state index in [1.54, 1.807) is 23.7 Å². The average molecular weight is 371 g/mol. The van der Waals surface area contributed by atoms with Crippen molar-refractivity contribution in [3.05, 3.63) is 42.7 Å². The molecule has 0 saturated heterocycles. The van der Waals surface area contributed by atoms with Crippen molar-refractivity contribution < 1.29 is 9.66 Å². The van der Waals surface area contributed by atoms with E-state index in [-0.39, 0.29) is 6.61 Å². The molecule has 0 bridgehead atoms. The van der Waals surface area contributed by atoms with Crippen LogP contribution in [0.15, 0.2) is 47.6 Å². The van der Waals surface area contributed by atoms with E-state index in [1.165, 1.54) is 0 Å². The predicted octanol–water partition coefficient (Wildman–Crippen LogP) is 2.07. The number of pyridine rings is 1. The Morgan fingerprint density at radius 1 is 1.19 bits per heavy atom. The molecule has 2 N–H and O–H groups in total. The van der Waals surface area contributed by atoms with Gasteiger partial charge in [0.2, 0.25) is 0 Å². The molecule has 0 saturated carbocycles. The molecule has 1 atom stereocenters. The van der Waals surface area contributed by atoms with Crippen LogP contribution in [-0.2, 0) is 11.4 Å². The van der Waals surface area contributed by atoms with Gasteiger partial charge in [-0.15, -0.1) is 4.31 Å². The van der Waals surface area contributed by atoms with Gasteiger partial charge in [-0.3, -0.25) is 4.98 Å². The zero-order valence-electron chi connectivity index (χ0n) is 14.7. The fourth-order valence-electron chi connectivity index (χ4n) is 2.66. The molecule has 0 amide bonds. The molecule has 3 rings (SSSR count). The van der Waals surface area contributed by atoms with Crippen molar-refractivity contribution in [2.24, 2.45) is 0 Å². The number of aliphatic hydroxyl groups is 1. The second kappa shape index (κ2) is 8.41. The minimum Gasteiger partial charge on any atom is -0.593 e. The molecular formula is C18H21N5O2S. The van der Waals surface area contributed by atoms with Gasteiger partial charge in [0, 0.05) is 31.5 Å². The fraction of sp³-hybridized carbons (Fsp3) is 0.278.